The van der Waals surface area contributed by atoms with Crippen molar-refractivity contribution in [3.05, 3.63) is 0 Å². The van der Waals surface area contributed by atoms with Crippen LogP contribution in [-0.2, 0) is 0 Å². The van der Waals surface area contributed by atoms with Crippen molar-refractivity contribution >= 4 is 8.88 Å². The molecule has 1 heterocycles. The summed E-state index contributed by atoms with van der Waals surface area (Å²) in [6.07, 6.45) is 14.8. The van der Waals surface area contributed by atoms with E-state index in [1.54, 1.807) is 0 Å². The minimum Gasteiger partial charge on any atom is -0.268 e. The number of hydrogen-bond acceptors (Lipinski definition) is 2. The first-order valence-corrected chi connectivity index (χ1v) is 8.62. The summed E-state index contributed by atoms with van der Waals surface area (Å²) in [6, 6.07) is 1.88. The van der Waals surface area contributed by atoms with Crippen LogP contribution >= 0.6 is 8.88 Å². The Morgan fingerprint density at radius 2 is 1.00 bits per heavy atom. The Hall–Kier alpha value is 0.350. The van der Waals surface area contributed by atoms with E-state index in [-0.39, 0.29) is 0 Å². The SMILES string of the molecule is C1CCC(N2CCN(C3CCCCC3)P2)CC1. The molecule has 1 saturated heterocycles. The lowest BCUT2D eigenvalue weighted by atomic mass is 9.95. The molecule has 0 amide bonds. The highest BCUT2D eigenvalue weighted by Crippen LogP contribution is 2.40. The Balaban J connectivity index is 1.50. The van der Waals surface area contributed by atoms with Crippen molar-refractivity contribution in [2.45, 2.75) is 76.3 Å². The molecule has 2 aliphatic carbocycles. The molecule has 1 aliphatic heterocycles. The van der Waals surface area contributed by atoms with E-state index < -0.39 is 0 Å². The Morgan fingerprint density at radius 1 is 0.588 bits per heavy atom. The third kappa shape index (κ3) is 3.03. The lowest BCUT2D eigenvalue weighted by Crippen LogP contribution is -2.29. The molecule has 0 aromatic rings. The quantitative estimate of drug-likeness (QED) is 0.692. The predicted molar refractivity (Wildman–Crippen MR) is 75.5 cm³/mol. The van der Waals surface area contributed by atoms with Crippen LogP contribution in [0.25, 0.3) is 0 Å². The highest BCUT2D eigenvalue weighted by Gasteiger charge is 2.31. The summed E-state index contributed by atoms with van der Waals surface area (Å²) in [5.41, 5.74) is 0. The van der Waals surface area contributed by atoms with Gasteiger partial charge in [0.15, 0.2) is 0 Å². The Labute approximate surface area is 108 Å². The highest BCUT2D eigenvalue weighted by molar-refractivity contribution is 7.32. The van der Waals surface area contributed by atoms with Gasteiger partial charge in [-0.15, -0.1) is 0 Å². The van der Waals surface area contributed by atoms with Gasteiger partial charge in [0.25, 0.3) is 0 Å². The van der Waals surface area contributed by atoms with Crippen LogP contribution in [0.1, 0.15) is 64.2 Å². The number of rotatable bonds is 2. The molecule has 0 aromatic carbocycles. The number of nitrogens with zero attached hydrogens (tertiary/aromatic N) is 2. The van der Waals surface area contributed by atoms with E-state index in [0.29, 0.717) is 0 Å². The van der Waals surface area contributed by atoms with Gasteiger partial charge in [0.2, 0.25) is 0 Å². The zero-order chi connectivity index (χ0) is 11.5. The first-order valence-electron chi connectivity index (χ1n) is 7.73. The van der Waals surface area contributed by atoms with Gasteiger partial charge in [-0.05, 0) is 25.7 Å². The summed E-state index contributed by atoms with van der Waals surface area (Å²) in [6.45, 7) is 2.72. The third-order valence-electron chi connectivity index (χ3n) is 4.87. The predicted octanol–water partition coefficient (Wildman–Crippen LogP) is 3.78. The lowest BCUT2D eigenvalue weighted by molar-refractivity contribution is 0.270. The molecular weight excluding hydrogens is 227 g/mol. The summed E-state index contributed by atoms with van der Waals surface area (Å²) in [5, 5.41) is 0. The molecule has 0 atom stereocenters. The maximum atomic E-state index is 2.81. The van der Waals surface area contributed by atoms with Crippen LogP contribution in [0.4, 0.5) is 0 Å². The van der Waals surface area contributed by atoms with Gasteiger partial charge in [-0.3, -0.25) is 9.34 Å². The molecule has 0 spiro atoms. The van der Waals surface area contributed by atoms with Crippen molar-refractivity contribution in [2.75, 3.05) is 13.1 Å². The zero-order valence-electron chi connectivity index (χ0n) is 11.0. The molecule has 2 nitrogen and oxygen atoms in total. The third-order valence-corrected chi connectivity index (χ3v) is 6.56. The van der Waals surface area contributed by atoms with Crippen LogP contribution in [0.3, 0.4) is 0 Å². The lowest BCUT2D eigenvalue weighted by Gasteiger charge is -2.33. The van der Waals surface area contributed by atoms with Crippen molar-refractivity contribution in [1.29, 1.82) is 0 Å². The van der Waals surface area contributed by atoms with E-state index in [1.165, 1.54) is 77.3 Å². The van der Waals surface area contributed by atoms with Crippen LogP contribution in [0.15, 0.2) is 0 Å². The normalized spacial score (nSPS) is 31.1. The minimum absolute atomic E-state index is 0.940. The summed E-state index contributed by atoms with van der Waals surface area (Å²) in [4.78, 5) is 0. The van der Waals surface area contributed by atoms with E-state index >= 15 is 0 Å². The van der Waals surface area contributed by atoms with E-state index in [2.05, 4.69) is 9.34 Å². The zero-order valence-corrected chi connectivity index (χ0v) is 12.0. The Kier molecular flexibility index (Phi) is 4.37. The van der Waals surface area contributed by atoms with Crippen LogP contribution in [0, 0.1) is 0 Å². The van der Waals surface area contributed by atoms with Crippen LogP contribution < -0.4 is 0 Å². The molecule has 17 heavy (non-hydrogen) atoms. The molecule has 3 fully saturated rings. The van der Waals surface area contributed by atoms with Crippen molar-refractivity contribution < 1.29 is 0 Å². The average Bonchev–Trinajstić information content (AvgIpc) is 2.90. The van der Waals surface area contributed by atoms with E-state index in [9.17, 15) is 0 Å². The summed E-state index contributed by atoms with van der Waals surface area (Å²) < 4.78 is 5.63. The van der Waals surface area contributed by atoms with Gasteiger partial charge in [0.05, 0.1) is 0 Å². The molecule has 0 aromatic heterocycles. The van der Waals surface area contributed by atoms with Crippen LogP contribution in [0.2, 0.25) is 0 Å². The van der Waals surface area contributed by atoms with Gasteiger partial charge < -0.3 is 0 Å². The Morgan fingerprint density at radius 3 is 1.41 bits per heavy atom. The second-order valence-corrected chi connectivity index (χ2v) is 7.42. The highest BCUT2D eigenvalue weighted by atomic mass is 31.1. The van der Waals surface area contributed by atoms with Gasteiger partial charge in [-0.2, -0.15) is 0 Å². The molecule has 3 aliphatic rings. The fourth-order valence-electron chi connectivity index (χ4n) is 3.79. The van der Waals surface area contributed by atoms with Crippen molar-refractivity contribution in [3.63, 3.8) is 0 Å². The largest absolute Gasteiger partial charge is 0.268 e. The smallest absolute Gasteiger partial charge is 0.0246 e. The fraction of sp³-hybridized carbons (Fsp3) is 1.00. The molecule has 98 valence electrons. The first kappa shape index (κ1) is 12.4. The van der Waals surface area contributed by atoms with Gasteiger partial charge in [-0.1, -0.05) is 38.5 Å². The molecule has 3 heteroatoms. The minimum atomic E-state index is 0.940. The molecular formula is C14H27N2P. The fourth-order valence-corrected chi connectivity index (χ4v) is 5.37. The second kappa shape index (κ2) is 5.99. The van der Waals surface area contributed by atoms with Crippen molar-refractivity contribution in [2.24, 2.45) is 0 Å². The molecule has 0 bridgehead atoms. The number of hydrogen-bond donors (Lipinski definition) is 0. The van der Waals surface area contributed by atoms with Crippen LogP contribution in [0.5, 0.6) is 0 Å². The standard InChI is InChI=1S/C14H27N2P/c1-3-7-13(8-4-1)15-11-12-16(17-15)14-9-5-2-6-10-14/h13-14,17H,1-12H2. The second-order valence-electron chi connectivity index (χ2n) is 6.07. The van der Waals surface area contributed by atoms with Crippen LogP contribution in [-0.4, -0.2) is 34.5 Å². The summed E-state index contributed by atoms with van der Waals surface area (Å²) in [5.74, 6) is 0. The van der Waals surface area contributed by atoms with Gasteiger partial charge in [-0.25, -0.2) is 0 Å². The average molecular weight is 254 g/mol. The monoisotopic (exact) mass is 254 g/mol. The summed E-state index contributed by atoms with van der Waals surface area (Å²) >= 11 is 0. The first-order chi connectivity index (χ1) is 8.43. The molecule has 0 radical (unpaired) electrons. The van der Waals surface area contributed by atoms with E-state index in [0.717, 1.165) is 21.0 Å². The van der Waals surface area contributed by atoms with Crippen molar-refractivity contribution in [1.82, 2.24) is 9.34 Å². The molecule has 0 N–H and O–H groups in total. The van der Waals surface area contributed by atoms with E-state index in [1.807, 2.05) is 0 Å². The Bertz CT molecular complexity index is 210. The van der Waals surface area contributed by atoms with Crippen molar-refractivity contribution in [3.8, 4) is 0 Å². The summed E-state index contributed by atoms with van der Waals surface area (Å²) in [7, 11) is 1.02. The maximum absolute atomic E-state index is 2.81. The topological polar surface area (TPSA) is 6.48 Å². The van der Waals surface area contributed by atoms with Gasteiger partial charge in [0.1, 0.15) is 0 Å². The van der Waals surface area contributed by atoms with Gasteiger partial charge in [0, 0.05) is 34.1 Å². The molecule has 2 saturated carbocycles. The molecule has 3 rings (SSSR count). The molecule has 0 unspecified atom stereocenters. The maximum Gasteiger partial charge on any atom is 0.0246 e. The van der Waals surface area contributed by atoms with Gasteiger partial charge >= 0.3 is 0 Å². The van der Waals surface area contributed by atoms with E-state index in [4.69, 9.17) is 0 Å².